The van der Waals surface area contributed by atoms with Gasteiger partial charge in [-0.15, -0.1) is 11.8 Å². The smallest absolute Gasteiger partial charge is 0.258 e. The number of benzene rings is 1. The Kier molecular flexibility index (Phi) is 4.22. The van der Waals surface area contributed by atoms with Crippen LogP contribution in [0, 0.1) is 15.0 Å². The molecule has 0 N–H and O–H groups in total. The van der Waals surface area contributed by atoms with Gasteiger partial charge in [0.2, 0.25) is 0 Å². The summed E-state index contributed by atoms with van der Waals surface area (Å²) in [4.78, 5) is 21.4. The van der Waals surface area contributed by atoms with Crippen LogP contribution in [0.3, 0.4) is 0 Å². The van der Waals surface area contributed by atoms with E-state index in [4.69, 9.17) is 0 Å². The number of nitroso groups, excluding NO2 is 1. The second-order valence-corrected chi connectivity index (χ2v) is 6.42. The molecule has 17 heavy (non-hydrogen) atoms. The first-order valence-corrected chi connectivity index (χ1v) is 5.90. The lowest BCUT2D eigenvalue weighted by Crippen LogP contribution is -2.07. The van der Waals surface area contributed by atoms with E-state index in [2.05, 4.69) is 5.18 Å². The van der Waals surface area contributed by atoms with E-state index in [1.807, 2.05) is 20.8 Å². The van der Waals surface area contributed by atoms with Gasteiger partial charge in [0, 0.05) is 21.8 Å². The number of hydrogen-bond acceptors (Lipinski definition) is 5. The summed E-state index contributed by atoms with van der Waals surface area (Å²) in [5.41, 5.74) is 0.594. The van der Waals surface area contributed by atoms with E-state index in [1.54, 1.807) is 17.8 Å². The maximum absolute atomic E-state index is 10.6. The van der Waals surface area contributed by atoms with E-state index in [9.17, 15) is 15.0 Å². The molecule has 0 aromatic heterocycles. The Hall–Kier alpha value is -1.43. The van der Waals surface area contributed by atoms with Crippen LogP contribution in [0.4, 0.5) is 5.69 Å². The summed E-state index contributed by atoms with van der Waals surface area (Å²) in [5, 5.41) is 13.5. The highest BCUT2D eigenvalue weighted by Gasteiger charge is 2.17. The van der Waals surface area contributed by atoms with Crippen LogP contribution in [0.25, 0.3) is 0 Å². The summed E-state index contributed by atoms with van der Waals surface area (Å²) in [7, 11) is 0. The van der Waals surface area contributed by atoms with Crippen molar-refractivity contribution in [3.05, 3.63) is 38.8 Å². The quantitative estimate of drug-likeness (QED) is 0.355. The monoisotopic (exact) mass is 254 g/mol. The molecule has 0 aliphatic heterocycles. The first kappa shape index (κ1) is 13.6. The maximum atomic E-state index is 10.6. The van der Waals surface area contributed by atoms with Crippen molar-refractivity contribution in [3.63, 3.8) is 0 Å². The average Bonchev–Trinajstić information content (AvgIpc) is 2.18. The van der Waals surface area contributed by atoms with Crippen molar-refractivity contribution in [3.8, 4) is 0 Å². The average molecular weight is 254 g/mol. The molecule has 6 heteroatoms. The number of hydrogen-bond donors (Lipinski definition) is 0. The summed E-state index contributed by atoms with van der Waals surface area (Å²) in [6.07, 6.45) is 0. The third-order valence-electron chi connectivity index (χ3n) is 1.91. The molecule has 0 saturated carbocycles. The normalized spacial score (nSPS) is 11.2. The molecule has 92 valence electrons. The molecule has 0 bridgehead atoms. The fraction of sp³-hybridized carbons (Fsp3) is 0.455. The SMILES string of the molecule is CC(C)(C)Sc1ccc([N+](=O)[O-])cc1CN=O. The largest absolute Gasteiger partial charge is 0.269 e. The molecule has 1 aromatic rings. The third-order valence-corrected chi connectivity index (χ3v) is 3.14. The van der Waals surface area contributed by atoms with Gasteiger partial charge in [-0.1, -0.05) is 25.9 Å². The van der Waals surface area contributed by atoms with Crippen LogP contribution in [0.5, 0.6) is 0 Å². The summed E-state index contributed by atoms with van der Waals surface area (Å²) in [6.45, 7) is 6.08. The Bertz CT molecular complexity index is 441. The van der Waals surface area contributed by atoms with Crippen molar-refractivity contribution >= 4 is 17.4 Å². The number of nitro groups is 1. The topological polar surface area (TPSA) is 72.6 Å². The predicted molar refractivity (Wildman–Crippen MR) is 68.2 cm³/mol. The fourth-order valence-electron chi connectivity index (χ4n) is 1.30. The number of non-ortho nitro benzene ring substituents is 1. The van der Waals surface area contributed by atoms with Gasteiger partial charge in [-0.25, -0.2) is 0 Å². The zero-order valence-corrected chi connectivity index (χ0v) is 10.8. The van der Waals surface area contributed by atoms with Crippen LogP contribution in [-0.4, -0.2) is 9.67 Å². The molecule has 1 aromatic carbocycles. The van der Waals surface area contributed by atoms with Crippen molar-refractivity contribution in [2.45, 2.75) is 37.0 Å². The predicted octanol–water partition coefficient (Wildman–Crippen LogP) is 3.75. The molecule has 0 heterocycles. The number of nitro benzene ring substituents is 1. The molecule has 0 aliphatic rings. The number of rotatable bonds is 4. The first-order valence-electron chi connectivity index (χ1n) is 5.09. The summed E-state index contributed by atoms with van der Waals surface area (Å²) in [6, 6.07) is 4.53. The highest BCUT2D eigenvalue weighted by molar-refractivity contribution is 8.00. The Balaban J connectivity index is 3.12. The summed E-state index contributed by atoms with van der Waals surface area (Å²) in [5.74, 6) is 0. The molecule has 0 unspecified atom stereocenters. The Labute approximate surface area is 104 Å². The highest BCUT2D eigenvalue weighted by Crippen LogP contribution is 2.35. The van der Waals surface area contributed by atoms with Gasteiger partial charge in [0.25, 0.3) is 5.69 Å². The van der Waals surface area contributed by atoms with Crippen LogP contribution >= 0.6 is 11.8 Å². The van der Waals surface area contributed by atoms with Crippen LogP contribution < -0.4 is 0 Å². The minimum atomic E-state index is -0.472. The molecular formula is C11H14N2O3S. The van der Waals surface area contributed by atoms with Gasteiger partial charge < -0.3 is 0 Å². The standard InChI is InChI=1S/C11H14N2O3S/c1-11(2,3)17-10-5-4-9(13(15)16)6-8(10)7-12-14/h4-6H,7H2,1-3H3. The molecule has 0 radical (unpaired) electrons. The molecule has 0 aliphatic carbocycles. The van der Waals surface area contributed by atoms with Crippen LogP contribution in [-0.2, 0) is 6.54 Å². The number of thioether (sulfide) groups is 1. The fourth-order valence-corrected chi connectivity index (χ4v) is 2.35. The molecule has 5 nitrogen and oxygen atoms in total. The van der Waals surface area contributed by atoms with E-state index < -0.39 is 4.92 Å². The van der Waals surface area contributed by atoms with Gasteiger partial charge >= 0.3 is 0 Å². The van der Waals surface area contributed by atoms with Crippen molar-refractivity contribution in [1.82, 2.24) is 0 Å². The van der Waals surface area contributed by atoms with Gasteiger partial charge in [0.1, 0.15) is 6.54 Å². The lowest BCUT2D eigenvalue weighted by molar-refractivity contribution is -0.385. The summed E-state index contributed by atoms with van der Waals surface area (Å²) < 4.78 is -0.0201. The van der Waals surface area contributed by atoms with Crippen molar-refractivity contribution in [2.24, 2.45) is 5.18 Å². The zero-order chi connectivity index (χ0) is 13.1. The van der Waals surface area contributed by atoms with E-state index in [0.29, 0.717) is 5.56 Å². The minimum absolute atomic E-state index is 0.0121. The minimum Gasteiger partial charge on any atom is -0.258 e. The second-order valence-electron chi connectivity index (χ2n) is 4.55. The lowest BCUT2D eigenvalue weighted by Gasteiger charge is -2.19. The van der Waals surface area contributed by atoms with E-state index in [0.717, 1.165) is 4.90 Å². The van der Waals surface area contributed by atoms with Gasteiger partial charge in [-0.05, 0) is 11.6 Å². The Morgan fingerprint density at radius 2 is 2.06 bits per heavy atom. The summed E-state index contributed by atoms with van der Waals surface area (Å²) >= 11 is 1.57. The van der Waals surface area contributed by atoms with Gasteiger partial charge in [0.15, 0.2) is 0 Å². The van der Waals surface area contributed by atoms with Crippen molar-refractivity contribution < 1.29 is 4.92 Å². The molecule has 0 saturated heterocycles. The van der Waals surface area contributed by atoms with Gasteiger partial charge in [-0.3, -0.25) is 10.1 Å². The molecular weight excluding hydrogens is 240 g/mol. The van der Waals surface area contributed by atoms with Crippen LogP contribution in [0.15, 0.2) is 28.3 Å². The Morgan fingerprint density at radius 1 is 1.41 bits per heavy atom. The highest BCUT2D eigenvalue weighted by atomic mass is 32.2. The first-order chi connectivity index (χ1) is 7.83. The van der Waals surface area contributed by atoms with Crippen molar-refractivity contribution in [1.29, 1.82) is 0 Å². The Morgan fingerprint density at radius 3 is 2.53 bits per heavy atom. The van der Waals surface area contributed by atoms with E-state index in [1.165, 1.54) is 12.1 Å². The molecule has 0 fully saturated rings. The van der Waals surface area contributed by atoms with Gasteiger partial charge in [-0.2, -0.15) is 4.91 Å². The maximum Gasteiger partial charge on any atom is 0.269 e. The molecule has 1 rings (SSSR count). The second kappa shape index (κ2) is 5.27. The van der Waals surface area contributed by atoms with Crippen molar-refractivity contribution in [2.75, 3.05) is 0 Å². The molecule has 0 amide bonds. The zero-order valence-electron chi connectivity index (χ0n) is 9.97. The van der Waals surface area contributed by atoms with E-state index >= 15 is 0 Å². The van der Waals surface area contributed by atoms with Crippen LogP contribution in [0.2, 0.25) is 0 Å². The lowest BCUT2D eigenvalue weighted by atomic mass is 10.2. The number of nitrogens with zero attached hydrogens (tertiary/aromatic N) is 2. The third kappa shape index (κ3) is 4.14. The van der Waals surface area contributed by atoms with E-state index in [-0.39, 0.29) is 17.0 Å². The molecule has 0 spiro atoms. The van der Waals surface area contributed by atoms with Crippen LogP contribution in [0.1, 0.15) is 26.3 Å². The van der Waals surface area contributed by atoms with Gasteiger partial charge in [0.05, 0.1) is 4.92 Å². The molecule has 0 atom stereocenters.